The molecule has 0 radical (unpaired) electrons. The lowest BCUT2D eigenvalue weighted by molar-refractivity contribution is -0.120. The van der Waals surface area contributed by atoms with Crippen LogP contribution < -0.4 is 0 Å². The molecule has 2 unspecified atom stereocenters. The molecule has 1 aliphatic rings. The van der Waals surface area contributed by atoms with Crippen molar-refractivity contribution < 1.29 is 18.4 Å². The highest BCUT2D eigenvalue weighted by Gasteiger charge is 2.35. The predicted molar refractivity (Wildman–Crippen MR) is 78.0 cm³/mol. The smallest absolute Gasteiger partial charge is 0.312 e. The van der Waals surface area contributed by atoms with Crippen LogP contribution in [0, 0.1) is 5.92 Å². The van der Waals surface area contributed by atoms with E-state index in [1.807, 2.05) is 18.2 Å². The Labute approximate surface area is 120 Å². The van der Waals surface area contributed by atoms with Crippen molar-refractivity contribution in [1.29, 1.82) is 0 Å². The van der Waals surface area contributed by atoms with E-state index in [4.69, 9.17) is 9.05 Å². The fourth-order valence-electron chi connectivity index (χ4n) is 2.83. The van der Waals surface area contributed by atoms with Gasteiger partial charge in [-0.1, -0.05) is 30.3 Å². The summed E-state index contributed by atoms with van der Waals surface area (Å²) in [6, 6.07) is 10.2. The molecule has 1 aliphatic carbocycles. The molecule has 1 aromatic rings. The fraction of sp³-hybridized carbons (Fsp3) is 0.533. The first-order valence-corrected chi connectivity index (χ1v) is 8.59. The third-order valence-corrected chi connectivity index (χ3v) is 5.88. The normalized spacial score (nSPS) is 22.9. The second-order valence-electron chi connectivity index (χ2n) is 5.22. The van der Waals surface area contributed by atoms with Gasteiger partial charge in [-0.2, -0.15) is 0 Å². The van der Waals surface area contributed by atoms with Gasteiger partial charge >= 0.3 is 7.60 Å². The molecule has 4 nitrogen and oxygen atoms in total. The van der Waals surface area contributed by atoms with Crippen LogP contribution in [0.1, 0.15) is 30.7 Å². The molecule has 2 rings (SSSR count). The van der Waals surface area contributed by atoms with Crippen molar-refractivity contribution in [2.45, 2.75) is 25.2 Å². The summed E-state index contributed by atoms with van der Waals surface area (Å²) in [6.07, 6.45) is 2.57. The van der Waals surface area contributed by atoms with Crippen LogP contribution in [0.5, 0.6) is 0 Å². The van der Waals surface area contributed by atoms with Crippen LogP contribution in [0.4, 0.5) is 0 Å². The fourth-order valence-corrected chi connectivity index (χ4v) is 3.87. The molecule has 1 fully saturated rings. The topological polar surface area (TPSA) is 52.6 Å². The highest BCUT2D eigenvalue weighted by Crippen LogP contribution is 2.48. The van der Waals surface area contributed by atoms with Gasteiger partial charge in [-0.15, -0.1) is 0 Å². The Morgan fingerprint density at radius 1 is 1.20 bits per heavy atom. The SMILES string of the molecule is COP(=O)(CC(=O)C1CCC(c2ccccc2)C1)OC. The molecule has 2 atom stereocenters. The van der Waals surface area contributed by atoms with Gasteiger partial charge in [0, 0.05) is 20.1 Å². The minimum Gasteiger partial charge on any atom is -0.312 e. The molecule has 1 saturated carbocycles. The van der Waals surface area contributed by atoms with E-state index in [2.05, 4.69) is 12.1 Å². The first kappa shape index (κ1) is 15.4. The zero-order valence-electron chi connectivity index (χ0n) is 12.0. The molecule has 1 aromatic carbocycles. The summed E-state index contributed by atoms with van der Waals surface area (Å²) in [5, 5.41) is 0. The van der Waals surface area contributed by atoms with Crippen LogP contribution in [0.25, 0.3) is 0 Å². The van der Waals surface area contributed by atoms with Crippen molar-refractivity contribution >= 4 is 13.4 Å². The Bertz CT molecular complexity index is 492. The van der Waals surface area contributed by atoms with E-state index in [9.17, 15) is 9.36 Å². The predicted octanol–water partition coefficient (Wildman–Crippen LogP) is 3.63. The molecule has 0 N–H and O–H groups in total. The van der Waals surface area contributed by atoms with E-state index in [0.29, 0.717) is 5.92 Å². The monoisotopic (exact) mass is 296 g/mol. The van der Waals surface area contributed by atoms with Gasteiger partial charge in [-0.3, -0.25) is 9.36 Å². The number of rotatable bonds is 6. The first-order valence-electron chi connectivity index (χ1n) is 6.86. The molecule has 0 aliphatic heterocycles. The maximum atomic E-state index is 12.2. The Kier molecular flexibility index (Phi) is 5.14. The summed E-state index contributed by atoms with van der Waals surface area (Å²) < 4.78 is 21.7. The lowest BCUT2D eigenvalue weighted by Gasteiger charge is -2.15. The van der Waals surface area contributed by atoms with E-state index < -0.39 is 7.60 Å². The average Bonchev–Trinajstić information content (AvgIpc) is 2.98. The number of benzene rings is 1. The molecule has 0 bridgehead atoms. The van der Waals surface area contributed by atoms with Crippen molar-refractivity contribution in [2.24, 2.45) is 5.92 Å². The van der Waals surface area contributed by atoms with Gasteiger partial charge < -0.3 is 9.05 Å². The quantitative estimate of drug-likeness (QED) is 0.752. The lowest BCUT2D eigenvalue weighted by atomic mass is 9.95. The van der Waals surface area contributed by atoms with Gasteiger partial charge in [-0.05, 0) is 30.7 Å². The summed E-state index contributed by atoms with van der Waals surface area (Å²) in [5.74, 6) is 0.393. The largest absolute Gasteiger partial charge is 0.337 e. The van der Waals surface area contributed by atoms with E-state index in [0.717, 1.165) is 19.3 Å². The molecular formula is C15H21O4P. The van der Waals surface area contributed by atoms with Crippen LogP contribution in [0.2, 0.25) is 0 Å². The Morgan fingerprint density at radius 2 is 1.85 bits per heavy atom. The molecule has 110 valence electrons. The second-order valence-corrected chi connectivity index (χ2v) is 7.49. The summed E-state index contributed by atoms with van der Waals surface area (Å²) in [5.41, 5.74) is 1.28. The maximum absolute atomic E-state index is 12.2. The molecule has 0 saturated heterocycles. The van der Waals surface area contributed by atoms with E-state index >= 15 is 0 Å². The van der Waals surface area contributed by atoms with Gasteiger partial charge in [0.05, 0.1) is 0 Å². The molecule has 0 spiro atoms. The van der Waals surface area contributed by atoms with E-state index in [1.165, 1.54) is 19.8 Å². The maximum Gasteiger partial charge on any atom is 0.337 e. The number of hydrogen-bond acceptors (Lipinski definition) is 4. The molecule has 0 heterocycles. The van der Waals surface area contributed by atoms with Crippen LogP contribution >= 0.6 is 7.60 Å². The van der Waals surface area contributed by atoms with Crippen LogP contribution in [-0.2, 0) is 18.4 Å². The Hall–Kier alpha value is -0.960. The average molecular weight is 296 g/mol. The molecular weight excluding hydrogens is 275 g/mol. The zero-order valence-corrected chi connectivity index (χ0v) is 12.8. The third kappa shape index (κ3) is 3.57. The standard InChI is InChI=1S/C15H21O4P/c1-18-20(17,19-2)11-15(16)14-9-8-13(10-14)12-6-4-3-5-7-12/h3-7,13-14H,8-11H2,1-2H3. The summed E-state index contributed by atoms with van der Waals surface area (Å²) >= 11 is 0. The molecule has 5 heteroatoms. The lowest BCUT2D eigenvalue weighted by Crippen LogP contribution is -2.17. The minimum atomic E-state index is -3.23. The van der Waals surface area contributed by atoms with E-state index in [-0.39, 0.29) is 17.9 Å². The van der Waals surface area contributed by atoms with Crippen LogP contribution in [-0.4, -0.2) is 26.2 Å². The summed E-state index contributed by atoms with van der Waals surface area (Å²) in [6.45, 7) is 0. The number of carbonyl (C=O) groups is 1. The highest BCUT2D eigenvalue weighted by atomic mass is 31.2. The zero-order chi connectivity index (χ0) is 14.6. The second kappa shape index (κ2) is 6.66. The summed E-state index contributed by atoms with van der Waals surface area (Å²) in [7, 11) is -0.594. The van der Waals surface area contributed by atoms with Gasteiger partial charge in [-0.25, -0.2) is 0 Å². The molecule has 0 aromatic heterocycles. The van der Waals surface area contributed by atoms with Crippen LogP contribution in [0.15, 0.2) is 30.3 Å². The van der Waals surface area contributed by atoms with Gasteiger partial charge in [0.15, 0.2) is 0 Å². The van der Waals surface area contributed by atoms with E-state index in [1.54, 1.807) is 0 Å². The van der Waals surface area contributed by atoms with Crippen molar-refractivity contribution in [2.75, 3.05) is 20.4 Å². The Morgan fingerprint density at radius 3 is 2.45 bits per heavy atom. The number of Topliss-reactive ketones (excluding diaryl/α,β-unsaturated/α-hetero) is 1. The highest BCUT2D eigenvalue weighted by molar-refractivity contribution is 7.54. The Balaban J connectivity index is 1.96. The van der Waals surface area contributed by atoms with Crippen molar-refractivity contribution in [3.05, 3.63) is 35.9 Å². The third-order valence-electron chi connectivity index (χ3n) is 4.06. The summed E-state index contributed by atoms with van der Waals surface area (Å²) in [4.78, 5) is 12.2. The van der Waals surface area contributed by atoms with Gasteiger partial charge in [0.2, 0.25) is 0 Å². The first-order chi connectivity index (χ1) is 9.58. The molecule has 0 amide bonds. The number of carbonyl (C=O) groups excluding carboxylic acids is 1. The number of hydrogen-bond donors (Lipinski definition) is 0. The van der Waals surface area contributed by atoms with Crippen molar-refractivity contribution in [3.63, 3.8) is 0 Å². The van der Waals surface area contributed by atoms with Crippen molar-refractivity contribution in [3.8, 4) is 0 Å². The number of ketones is 1. The minimum absolute atomic E-state index is 0.00420. The van der Waals surface area contributed by atoms with Gasteiger partial charge in [0.1, 0.15) is 11.9 Å². The molecule has 20 heavy (non-hydrogen) atoms. The van der Waals surface area contributed by atoms with Crippen molar-refractivity contribution in [1.82, 2.24) is 0 Å². The van der Waals surface area contributed by atoms with Gasteiger partial charge in [0.25, 0.3) is 0 Å². The van der Waals surface area contributed by atoms with Crippen LogP contribution in [0.3, 0.4) is 0 Å².